The van der Waals surface area contributed by atoms with Crippen LogP contribution in [0.4, 0.5) is 11.4 Å². The van der Waals surface area contributed by atoms with Crippen LogP contribution in [0.2, 0.25) is 0 Å². The largest absolute Gasteiger partial charge is 0.506 e. The molecule has 0 amide bonds. The number of aromatic hydroxyl groups is 2. The van der Waals surface area contributed by atoms with Crippen LogP contribution in [0.3, 0.4) is 0 Å². The number of nitrogens with one attached hydrogen (secondary N) is 3. The molecule has 0 bridgehead atoms. The van der Waals surface area contributed by atoms with Gasteiger partial charge in [-0.1, -0.05) is 29.5 Å². The maximum atomic E-state index is 11.5. The summed E-state index contributed by atoms with van der Waals surface area (Å²) in [5.74, 6) is -0.269. The minimum atomic E-state index is -3.55. The lowest BCUT2D eigenvalue weighted by molar-refractivity contribution is 0.167. The number of phenols is 1. The van der Waals surface area contributed by atoms with Gasteiger partial charge in [0.05, 0.1) is 22.9 Å². The zero-order valence-electron chi connectivity index (χ0n) is 19.8. The fourth-order valence-corrected chi connectivity index (χ4v) is 5.58. The van der Waals surface area contributed by atoms with Gasteiger partial charge in [0.15, 0.2) is 0 Å². The normalized spacial score (nSPS) is 15.7. The van der Waals surface area contributed by atoms with Crippen molar-refractivity contribution in [2.75, 3.05) is 35.5 Å². The maximum absolute atomic E-state index is 11.5. The number of hydrogen-bond donors (Lipinski definition) is 6. The highest BCUT2D eigenvalue weighted by Gasteiger charge is 2.21. The molecule has 6 N–H and O–H groups in total. The van der Waals surface area contributed by atoms with E-state index in [1.807, 2.05) is 24.3 Å². The van der Waals surface area contributed by atoms with E-state index < -0.39 is 16.1 Å². The first kappa shape index (κ1) is 26.0. The molecule has 2 aromatic carbocycles. The number of H-pyrrole nitrogens is 1. The minimum Gasteiger partial charge on any atom is -0.506 e. The Labute approximate surface area is 213 Å². The monoisotopic (exact) mass is 534 g/mol. The molecule has 0 spiro atoms. The molecular weight excluding hydrogens is 504 g/mol. The lowest BCUT2D eigenvalue weighted by atomic mass is 10.0. The summed E-state index contributed by atoms with van der Waals surface area (Å²) in [5.41, 5.74) is 2.66. The highest BCUT2D eigenvalue weighted by Crippen LogP contribution is 2.28. The van der Waals surface area contributed by atoms with Gasteiger partial charge in [0.1, 0.15) is 5.75 Å². The standard InChI is InChI=1S/C24H30N4O6S2/c1-36(33,34)27-19-13-16(4-7-20(19)29)21(30)14-25-17-8-10-28(11-9-17)18-5-2-15(3-6-18)12-22-23(31)26-24(32)35-22/h2-7,13,17,21,25,27,29-31H,8-12,14H2,1H3,(H,26,32). The van der Waals surface area contributed by atoms with Gasteiger partial charge in [-0.15, -0.1) is 0 Å². The molecular formula is C24H30N4O6S2. The Morgan fingerprint density at radius 1 is 1.14 bits per heavy atom. The van der Waals surface area contributed by atoms with Crippen LogP contribution in [0.1, 0.15) is 34.9 Å². The van der Waals surface area contributed by atoms with Crippen molar-refractivity contribution < 1.29 is 23.7 Å². The number of hydrogen-bond acceptors (Lipinski definition) is 9. The maximum Gasteiger partial charge on any atom is 0.307 e. The fraction of sp³-hybridized carbons (Fsp3) is 0.375. The molecule has 10 nitrogen and oxygen atoms in total. The van der Waals surface area contributed by atoms with E-state index in [4.69, 9.17) is 0 Å². The third kappa shape index (κ3) is 6.78. The Bertz CT molecular complexity index is 1350. The van der Waals surface area contributed by atoms with Crippen molar-refractivity contribution in [1.29, 1.82) is 0 Å². The third-order valence-corrected chi connectivity index (χ3v) is 7.62. The number of anilines is 2. The molecule has 3 aromatic rings. The lowest BCUT2D eigenvalue weighted by Crippen LogP contribution is -2.43. The number of aromatic nitrogens is 1. The first-order valence-corrected chi connectivity index (χ1v) is 14.2. The summed E-state index contributed by atoms with van der Waals surface area (Å²) in [7, 11) is -3.55. The molecule has 1 saturated heterocycles. The van der Waals surface area contributed by atoms with Crippen LogP contribution in [0.25, 0.3) is 0 Å². The number of aliphatic hydroxyl groups is 1. The molecule has 194 valence electrons. The quantitative estimate of drug-likeness (QED) is 0.228. The first-order valence-electron chi connectivity index (χ1n) is 11.5. The van der Waals surface area contributed by atoms with Crippen LogP contribution < -0.4 is 19.8 Å². The topological polar surface area (TPSA) is 155 Å². The second kappa shape index (κ2) is 10.9. The third-order valence-electron chi connectivity index (χ3n) is 6.16. The Morgan fingerprint density at radius 2 is 1.83 bits per heavy atom. The number of aromatic amines is 1. The Morgan fingerprint density at radius 3 is 2.44 bits per heavy atom. The predicted octanol–water partition coefficient (Wildman–Crippen LogP) is 2.10. The smallest absolute Gasteiger partial charge is 0.307 e. The van der Waals surface area contributed by atoms with E-state index >= 15 is 0 Å². The highest BCUT2D eigenvalue weighted by molar-refractivity contribution is 7.92. The molecule has 1 atom stereocenters. The summed E-state index contributed by atoms with van der Waals surface area (Å²) >= 11 is 1.02. The number of sulfonamides is 1. The van der Waals surface area contributed by atoms with Gasteiger partial charge < -0.3 is 25.5 Å². The molecule has 1 unspecified atom stereocenters. The van der Waals surface area contributed by atoms with Gasteiger partial charge in [-0.05, 0) is 48.2 Å². The number of rotatable bonds is 9. The van der Waals surface area contributed by atoms with E-state index in [0.29, 0.717) is 23.4 Å². The van der Waals surface area contributed by atoms with Gasteiger partial charge in [0, 0.05) is 37.8 Å². The summed E-state index contributed by atoms with van der Waals surface area (Å²) in [5, 5.41) is 33.6. The van der Waals surface area contributed by atoms with E-state index in [9.17, 15) is 28.5 Å². The van der Waals surface area contributed by atoms with Crippen LogP contribution in [0, 0.1) is 0 Å². The van der Waals surface area contributed by atoms with Gasteiger partial charge in [-0.3, -0.25) is 14.5 Å². The zero-order chi connectivity index (χ0) is 25.9. The number of phenolic OH excluding ortho intramolecular Hbond substituents is 1. The van der Waals surface area contributed by atoms with E-state index in [-0.39, 0.29) is 28.2 Å². The molecule has 36 heavy (non-hydrogen) atoms. The Hall–Kier alpha value is -3.06. The summed E-state index contributed by atoms with van der Waals surface area (Å²) in [4.78, 5) is 16.4. The summed E-state index contributed by atoms with van der Waals surface area (Å²) in [6.45, 7) is 2.02. The number of aliphatic hydroxyl groups excluding tert-OH is 1. The van der Waals surface area contributed by atoms with Crippen molar-refractivity contribution in [2.24, 2.45) is 0 Å². The van der Waals surface area contributed by atoms with Crippen molar-refractivity contribution in [2.45, 2.75) is 31.4 Å². The highest BCUT2D eigenvalue weighted by atomic mass is 32.2. The van der Waals surface area contributed by atoms with E-state index in [1.54, 1.807) is 6.07 Å². The molecule has 0 aliphatic carbocycles. The van der Waals surface area contributed by atoms with Crippen molar-refractivity contribution in [3.63, 3.8) is 0 Å². The van der Waals surface area contributed by atoms with Crippen molar-refractivity contribution >= 4 is 32.7 Å². The Kier molecular flexibility index (Phi) is 7.88. The van der Waals surface area contributed by atoms with Crippen LogP contribution in [-0.2, 0) is 16.4 Å². The van der Waals surface area contributed by atoms with Crippen LogP contribution in [0.5, 0.6) is 11.6 Å². The van der Waals surface area contributed by atoms with Gasteiger partial charge in [0.2, 0.25) is 15.9 Å². The van der Waals surface area contributed by atoms with Crippen LogP contribution in [0.15, 0.2) is 47.3 Å². The fourth-order valence-electron chi connectivity index (χ4n) is 4.26. The average Bonchev–Trinajstić information content (AvgIpc) is 3.15. The number of piperidine rings is 1. The SMILES string of the molecule is CS(=O)(=O)Nc1cc(C(O)CNC2CCN(c3ccc(Cc4sc(=O)[nH]c4O)cc3)CC2)ccc1O. The predicted molar refractivity (Wildman–Crippen MR) is 141 cm³/mol. The molecule has 1 aliphatic heterocycles. The molecule has 1 fully saturated rings. The molecule has 2 heterocycles. The molecule has 1 aromatic heterocycles. The number of nitrogens with zero attached hydrogens (tertiary/aromatic N) is 1. The van der Waals surface area contributed by atoms with E-state index in [1.165, 1.54) is 12.1 Å². The number of thiazole rings is 1. The van der Waals surface area contributed by atoms with Crippen molar-refractivity contribution in [3.8, 4) is 11.6 Å². The first-order chi connectivity index (χ1) is 17.1. The molecule has 4 rings (SSSR count). The second-order valence-electron chi connectivity index (χ2n) is 8.97. The second-order valence-corrected chi connectivity index (χ2v) is 11.8. The Balaban J connectivity index is 1.26. The van der Waals surface area contributed by atoms with Crippen LogP contribution in [-0.4, -0.2) is 60.7 Å². The van der Waals surface area contributed by atoms with Gasteiger partial charge in [-0.2, -0.15) is 0 Å². The summed E-state index contributed by atoms with van der Waals surface area (Å²) in [6.07, 6.45) is 2.44. The van der Waals surface area contributed by atoms with Gasteiger partial charge in [-0.25, -0.2) is 8.42 Å². The molecule has 0 radical (unpaired) electrons. The van der Waals surface area contributed by atoms with Gasteiger partial charge >= 0.3 is 4.87 Å². The molecule has 12 heteroatoms. The van der Waals surface area contributed by atoms with E-state index in [2.05, 4.69) is 19.9 Å². The van der Waals surface area contributed by atoms with Crippen molar-refractivity contribution in [3.05, 3.63) is 68.1 Å². The average molecular weight is 535 g/mol. The minimum absolute atomic E-state index is 0.0362. The van der Waals surface area contributed by atoms with E-state index in [0.717, 1.165) is 54.8 Å². The van der Waals surface area contributed by atoms with Crippen LogP contribution >= 0.6 is 11.3 Å². The van der Waals surface area contributed by atoms with Gasteiger partial charge in [0.25, 0.3) is 0 Å². The summed E-state index contributed by atoms with van der Waals surface area (Å²) < 4.78 is 25.2. The van der Waals surface area contributed by atoms with Crippen molar-refractivity contribution in [1.82, 2.24) is 10.3 Å². The lowest BCUT2D eigenvalue weighted by Gasteiger charge is -2.34. The molecule has 1 aliphatic rings. The number of benzene rings is 2. The molecule has 0 saturated carbocycles. The summed E-state index contributed by atoms with van der Waals surface area (Å²) in [6, 6.07) is 12.7. The zero-order valence-corrected chi connectivity index (χ0v) is 21.4.